The van der Waals surface area contributed by atoms with E-state index in [2.05, 4.69) is 9.89 Å². The molecule has 0 unspecified atom stereocenters. The van der Waals surface area contributed by atoms with Gasteiger partial charge in [0.25, 0.3) is 10.0 Å². The van der Waals surface area contributed by atoms with E-state index in [-0.39, 0.29) is 23.2 Å². The highest BCUT2D eigenvalue weighted by Crippen LogP contribution is 2.37. The van der Waals surface area contributed by atoms with Gasteiger partial charge >= 0.3 is 0 Å². The lowest BCUT2D eigenvalue weighted by Gasteiger charge is -2.21. The van der Waals surface area contributed by atoms with Gasteiger partial charge in [-0.1, -0.05) is 12.1 Å². The van der Waals surface area contributed by atoms with Crippen LogP contribution in [0.4, 0.5) is 15.9 Å². The number of hydrogen-bond acceptors (Lipinski definition) is 5. The van der Waals surface area contributed by atoms with E-state index in [1.165, 1.54) is 12.1 Å². The Morgan fingerprint density at radius 2 is 1.90 bits per heavy atom. The summed E-state index contributed by atoms with van der Waals surface area (Å²) in [6, 6.07) is 14.6. The average Bonchev–Trinajstić information content (AvgIpc) is 3.46. The Morgan fingerprint density at radius 1 is 1.13 bits per heavy atom. The van der Waals surface area contributed by atoms with E-state index in [1.54, 1.807) is 24.3 Å². The van der Waals surface area contributed by atoms with Crippen molar-refractivity contribution in [2.75, 3.05) is 18.0 Å². The average molecular weight is 440 g/mol. The zero-order valence-electron chi connectivity index (χ0n) is 16.9. The van der Waals surface area contributed by atoms with Gasteiger partial charge in [-0.3, -0.25) is 0 Å². The fourth-order valence-electron chi connectivity index (χ4n) is 4.24. The van der Waals surface area contributed by atoms with Crippen LogP contribution in [0.2, 0.25) is 0 Å². The van der Waals surface area contributed by atoms with Gasteiger partial charge in [0.1, 0.15) is 11.6 Å². The molecule has 0 saturated heterocycles. The molecule has 0 bridgehead atoms. The Bertz CT molecular complexity index is 1280. The third-order valence-corrected chi connectivity index (χ3v) is 7.63. The predicted octanol–water partition coefficient (Wildman–Crippen LogP) is 2.92. The van der Waals surface area contributed by atoms with Crippen molar-refractivity contribution in [3.8, 4) is 0 Å². The smallest absolute Gasteiger partial charge is 0.266 e. The van der Waals surface area contributed by atoms with E-state index in [0.717, 1.165) is 34.3 Å². The van der Waals surface area contributed by atoms with E-state index in [0.29, 0.717) is 5.56 Å². The van der Waals surface area contributed by atoms with Gasteiger partial charge in [0.2, 0.25) is 5.96 Å². The quantitative estimate of drug-likeness (QED) is 0.678. The van der Waals surface area contributed by atoms with E-state index in [1.807, 2.05) is 36.0 Å². The van der Waals surface area contributed by atoms with Crippen molar-refractivity contribution in [3.05, 3.63) is 77.7 Å². The Kier molecular flexibility index (Phi) is 4.51. The number of nitrogens with zero attached hydrogens (tertiary/aromatic N) is 4. The van der Waals surface area contributed by atoms with Crippen molar-refractivity contribution in [1.29, 1.82) is 0 Å². The van der Waals surface area contributed by atoms with E-state index >= 15 is 0 Å². The molecule has 2 N–H and O–H groups in total. The molecule has 160 valence electrons. The number of fused-ring (bicyclic) bond motifs is 1. The van der Waals surface area contributed by atoms with Crippen LogP contribution in [0.5, 0.6) is 0 Å². The lowest BCUT2D eigenvalue weighted by atomic mass is 10.1. The van der Waals surface area contributed by atoms with Crippen molar-refractivity contribution in [3.63, 3.8) is 0 Å². The number of halogens is 1. The van der Waals surface area contributed by atoms with Gasteiger partial charge in [0.15, 0.2) is 0 Å². The molecule has 2 aliphatic rings. The molecule has 2 aliphatic heterocycles. The second-order valence-electron chi connectivity index (χ2n) is 7.76. The first-order valence-electron chi connectivity index (χ1n) is 9.98. The van der Waals surface area contributed by atoms with Crippen LogP contribution in [0.3, 0.4) is 0 Å². The molecule has 9 heteroatoms. The summed E-state index contributed by atoms with van der Waals surface area (Å²) >= 11 is 0. The fourth-order valence-corrected chi connectivity index (χ4v) is 5.65. The van der Waals surface area contributed by atoms with Crippen molar-refractivity contribution < 1.29 is 12.8 Å². The van der Waals surface area contributed by atoms with Crippen molar-refractivity contribution in [2.45, 2.75) is 17.4 Å². The van der Waals surface area contributed by atoms with E-state index < -0.39 is 16.1 Å². The lowest BCUT2D eigenvalue weighted by molar-refractivity contribution is 0.518. The fraction of sp³-hybridized carbons (Fsp3) is 0.227. The van der Waals surface area contributed by atoms with E-state index in [4.69, 9.17) is 5.73 Å². The maximum absolute atomic E-state index is 13.3. The zero-order valence-corrected chi connectivity index (χ0v) is 17.8. The molecule has 3 heterocycles. The first kappa shape index (κ1) is 19.6. The van der Waals surface area contributed by atoms with Crippen LogP contribution in [0.15, 0.2) is 70.7 Å². The summed E-state index contributed by atoms with van der Waals surface area (Å²) < 4.78 is 43.0. The summed E-state index contributed by atoms with van der Waals surface area (Å²) in [7, 11) is -1.87. The van der Waals surface area contributed by atoms with Crippen LogP contribution in [0.25, 0.3) is 0 Å². The highest BCUT2D eigenvalue weighted by Gasteiger charge is 2.35. The standard InChI is InChI=1S/C22H22FN5O2S/c1-26-11-2-3-21(26)27-12-10-16-13-18(8-9-20(16)27)31(29,30)28-14-19(25-22(28)24)15-4-6-17(23)7-5-15/h2-9,11,13,19H,10,12,14H2,1H3,(H2,24,25)/t19-/m1/s1. The molecule has 1 atom stereocenters. The van der Waals surface area contributed by atoms with Crippen LogP contribution < -0.4 is 10.6 Å². The summed E-state index contributed by atoms with van der Waals surface area (Å²) in [5.41, 5.74) is 8.69. The molecule has 0 amide bonds. The second-order valence-corrected chi connectivity index (χ2v) is 9.62. The molecule has 0 saturated carbocycles. The predicted molar refractivity (Wildman–Crippen MR) is 117 cm³/mol. The third-order valence-electron chi connectivity index (χ3n) is 5.86. The monoisotopic (exact) mass is 439 g/mol. The summed E-state index contributed by atoms with van der Waals surface area (Å²) in [6.07, 6.45) is 2.74. The molecular formula is C22H22FN5O2S. The lowest BCUT2D eigenvalue weighted by Crippen LogP contribution is -2.39. The van der Waals surface area contributed by atoms with Crippen LogP contribution in [-0.4, -0.2) is 36.3 Å². The molecule has 0 radical (unpaired) electrons. The van der Waals surface area contributed by atoms with Crippen molar-refractivity contribution in [1.82, 2.24) is 8.87 Å². The van der Waals surface area contributed by atoms with Gasteiger partial charge in [-0.05, 0) is 60.0 Å². The normalized spacial score (nSPS) is 18.4. The number of benzene rings is 2. The van der Waals surface area contributed by atoms with Gasteiger partial charge < -0.3 is 15.2 Å². The first-order chi connectivity index (χ1) is 14.8. The first-order valence-corrected chi connectivity index (χ1v) is 11.4. The minimum atomic E-state index is -3.86. The van der Waals surface area contributed by atoms with E-state index in [9.17, 15) is 12.8 Å². The van der Waals surface area contributed by atoms with Crippen molar-refractivity contribution >= 4 is 27.5 Å². The number of hydrogen-bond donors (Lipinski definition) is 1. The van der Waals surface area contributed by atoms with Gasteiger partial charge in [-0.15, -0.1) is 0 Å². The van der Waals surface area contributed by atoms with Crippen LogP contribution >= 0.6 is 0 Å². The number of guanidine groups is 1. The van der Waals surface area contributed by atoms with Gasteiger partial charge in [-0.25, -0.2) is 22.1 Å². The number of sulfonamides is 1. The number of aliphatic imine (C=N–C) groups is 1. The zero-order chi connectivity index (χ0) is 21.8. The molecule has 0 spiro atoms. The van der Waals surface area contributed by atoms with Crippen molar-refractivity contribution in [2.24, 2.45) is 17.8 Å². The molecule has 5 rings (SSSR count). The number of aromatic nitrogens is 1. The summed E-state index contributed by atoms with van der Waals surface area (Å²) in [6.45, 7) is 0.878. The molecule has 0 fully saturated rings. The highest BCUT2D eigenvalue weighted by molar-refractivity contribution is 7.89. The molecule has 2 aromatic carbocycles. The molecule has 31 heavy (non-hydrogen) atoms. The minimum Gasteiger partial charge on any atom is -0.369 e. The Labute approximate surface area is 180 Å². The molecule has 0 aliphatic carbocycles. The topological polar surface area (TPSA) is 83.9 Å². The van der Waals surface area contributed by atoms with Gasteiger partial charge in [0.05, 0.1) is 17.5 Å². The Balaban J connectivity index is 1.42. The van der Waals surface area contributed by atoms with Crippen LogP contribution in [0.1, 0.15) is 17.2 Å². The number of rotatable bonds is 4. The summed E-state index contributed by atoms with van der Waals surface area (Å²) in [5.74, 6) is 0.651. The highest BCUT2D eigenvalue weighted by atomic mass is 32.2. The third kappa shape index (κ3) is 3.25. The maximum Gasteiger partial charge on any atom is 0.266 e. The van der Waals surface area contributed by atoms with Gasteiger partial charge in [-0.2, -0.15) is 0 Å². The molecule has 3 aromatic rings. The number of anilines is 2. The summed E-state index contributed by atoms with van der Waals surface area (Å²) in [4.78, 5) is 6.67. The largest absolute Gasteiger partial charge is 0.369 e. The molecule has 1 aromatic heterocycles. The SMILES string of the molecule is Cn1cccc1N1CCc2cc(S(=O)(=O)N3C[C@H](c4ccc(F)cc4)N=C3N)ccc21. The summed E-state index contributed by atoms with van der Waals surface area (Å²) in [5, 5.41) is 0. The molecule has 7 nitrogen and oxygen atoms in total. The number of aryl methyl sites for hydroxylation is 1. The molecular weight excluding hydrogens is 417 g/mol. The van der Waals surface area contributed by atoms with Crippen LogP contribution in [0, 0.1) is 5.82 Å². The minimum absolute atomic E-state index is 0.0553. The van der Waals surface area contributed by atoms with Gasteiger partial charge in [0, 0.05) is 25.5 Å². The Hall–Kier alpha value is -3.33. The van der Waals surface area contributed by atoms with Crippen LogP contribution in [-0.2, 0) is 23.5 Å². The maximum atomic E-state index is 13.3. The Morgan fingerprint density at radius 3 is 2.61 bits per heavy atom. The second kappa shape index (κ2) is 7.12. The number of nitrogens with two attached hydrogens (primary N) is 1.